The number of aromatic carboxylic acids is 1. The average Bonchev–Trinajstić information content (AvgIpc) is 0.901. The monoisotopic (exact) mass is 1950 g/mol. The fourth-order valence-corrected chi connectivity index (χ4v) is 17.6. The van der Waals surface area contributed by atoms with E-state index in [1.165, 1.54) is 96.8 Å². The molecule has 7 aliphatic rings. The molecule has 15 rings (SSSR count). The van der Waals surface area contributed by atoms with E-state index in [9.17, 15) is 38.4 Å². The first kappa shape index (κ1) is 108. The van der Waals surface area contributed by atoms with Gasteiger partial charge in [-0.1, -0.05) is 112 Å². The zero-order chi connectivity index (χ0) is 94.2. The van der Waals surface area contributed by atoms with Gasteiger partial charge in [0.2, 0.25) is 11.8 Å². The molecule has 130 heavy (non-hydrogen) atoms. The highest BCUT2D eigenvalue weighted by Crippen LogP contribution is 2.43. The topological polar surface area (TPSA) is 281 Å². The Morgan fingerprint density at radius 2 is 0.708 bits per heavy atom. The van der Waals surface area contributed by atoms with Crippen LogP contribution in [-0.2, 0) is 42.9 Å². The molecule has 1 aromatic heterocycles. The van der Waals surface area contributed by atoms with Gasteiger partial charge in [0.05, 0.1) is 47.5 Å². The number of nitrogens with two attached hydrogens (primary N) is 1. The van der Waals surface area contributed by atoms with E-state index >= 15 is 0 Å². The highest BCUT2D eigenvalue weighted by atomic mass is 79.9. The fraction of sp³-hybridized carbons (Fsp3) is 0.500. The van der Waals surface area contributed by atoms with Gasteiger partial charge >= 0.3 is 36.3 Å². The number of nitrogens with zero attached hydrogens (tertiary/aromatic N) is 6. The number of amides is 4. The number of ketones is 2. The molecule has 706 valence electrons. The molecule has 0 fully saturated rings. The van der Waals surface area contributed by atoms with Crippen molar-refractivity contribution >= 4 is 127 Å². The molecule has 0 bridgehead atoms. The number of anilines is 4. The lowest BCUT2D eigenvalue weighted by molar-refractivity contribution is 0.0565. The van der Waals surface area contributed by atoms with Crippen molar-refractivity contribution in [2.45, 2.75) is 299 Å². The Hall–Kier alpha value is -9.46. The second-order valence-electron chi connectivity index (χ2n) is 38.7. The van der Waals surface area contributed by atoms with Gasteiger partial charge in [-0.05, 0) is 367 Å². The van der Waals surface area contributed by atoms with Crippen molar-refractivity contribution in [1.82, 2.24) is 10.2 Å². The van der Waals surface area contributed by atoms with Crippen molar-refractivity contribution in [1.29, 1.82) is 0 Å². The molecule has 0 spiro atoms. The van der Waals surface area contributed by atoms with Crippen LogP contribution in [0.4, 0.5) is 41.9 Å². The quantitative estimate of drug-likeness (QED) is 0.0852. The maximum Gasteiger partial charge on any atom is 0.414 e. The van der Waals surface area contributed by atoms with E-state index in [-0.39, 0.29) is 84.6 Å². The van der Waals surface area contributed by atoms with Crippen LogP contribution in [0.2, 0.25) is 0 Å². The molecule has 4 aliphatic heterocycles. The lowest BCUT2D eigenvalue weighted by atomic mass is 9.83. The first-order valence-electron chi connectivity index (χ1n) is 45.3. The number of rotatable bonds is 7. The van der Waals surface area contributed by atoms with Gasteiger partial charge in [-0.2, -0.15) is 0 Å². The van der Waals surface area contributed by atoms with E-state index in [2.05, 4.69) is 132 Å². The molecule has 0 saturated heterocycles. The van der Waals surface area contributed by atoms with Gasteiger partial charge in [0.15, 0.2) is 11.6 Å². The summed E-state index contributed by atoms with van der Waals surface area (Å²) in [6, 6.07) is 41.0. The Bertz CT molecular complexity index is 5170. The van der Waals surface area contributed by atoms with Crippen LogP contribution in [-0.4, -0.2) is 125 Å². The summed E-state index contributed by atoms with van der Waals surface area (Å²) in [6.45, 7) is 43.9. The van der Waals surface area contributed by atoms with Gasteiger partial charge in [-0.15, -0.1) is 35.0 Å². The average molecular weight is 1960 g/mol. The number of carboxylic acid groups (broad SMARTS) is 1. The summed E-state index contributed by atoms with van der Waals surface area (Å²) in [5.41, 5.74) is 22.8. The van der Waals surface area contributed by atoms with Crippen LogP contribution >= 0.6 is 56.7 Å². The Balaban J connectivity index is 0.000000208. The van der Waals surface area contributed by atoms with Gasteiger partial charge < -0.3 is 38.9 Å². The number of methoxy groups -OCH3 is 1. The number of esters is 1. The molecule has 0 saturated carbocycles. The minimum Gasteiger partial charge on any atom is -0.478 e. The number of aromatic nitrogens is 2. The normalized spacial score (nSPS) is 18.5. The number of Topliss-reactive ketones (excluding diaryl/α,β-unsaturated/α-hetero) is 2. The van der Waals surface area contributed by atoms with Crippen LogP contribution in [0.25, 0.3) is 11.5 Å². The van der Waals surface area contributed by atoms with E-state index in [0.717, 1.165) is 98.6 Å². The zero-order valence-corrected chi connectivity index (χ0v) is 84.9. The van der Waals surface area contributed by atoms with Crippen molar-refractivity contribution in [2.75, 3.05) is 59.4 Å². The summed E-state index contributed by atoms with van der Waals surface area (Å²) < 4.78 is 34.3. The second-order valence-corrected chi connectivity index (χ2v) is 40.5. The summed E-state index contributed by atoms with van der Waals surface area (Å²) in [5.74, 6) is 3.35. The van der Waals surface area contributed by atoms with Crippen molar-refractivity contribution in [3.8, 4) is 11.5 Å². The third-order valence-electron chi connectivity index (χ3n) is 23.8. The first-order valence-corrected chi connectivity index (χ1v) is 46.9. The number of carbonyl (C=O) groups is 8. The van der Waals surface area contributed by atoms with Crippen LogP contribution < -0.4 is 25.3 Å². The number of carbonyl (C=O) groups excluding carboxylic acids is 7. The number of halogens is 4. The van der Waals surface area contributed by atoms with Crippen molar-refractivity contribution in [3.05, 3.63) is 220 Å². The number of ether oxygens (including phenoxy) is 5. The Morgan fingerprint density at radius 1 is 0.408 bits per heavy atom. The summed E-state index contributed by atoms with van der Waals surface area (Å²) in [7, 11) is 1.36. The molecule has 3 aliphatic carbocycles. The maximum atomic E-state index is 12.4. The minimum absolute atomic E-state index is 0. The summed E-state index contributed by atoms with van der Waals surface area (Å²) in [5, 5.41) is 17.0. The number of benzene rings is 7. The fourth-order valence-electron chi connectivity index (χ4n) is 16.8. The van der Waals surface area contributed by atoms with Crippen molar-refractivity contribution in [2.24, 2.45) is 5.73 Å². The molecule has 3 N–H and O–H groups in total. The van der Waals surface area contributed by atoms with E-state index in [1.54, 1.807) is 61.1 Å². The smallest absolute Gasteiger partial charge is 0.414 e. The van der Waals surface area contributed by atoms with Crippen LogP contribution in [0.1, 0.15) is 353 Å². The zero-order valence-electron chi connectivity index (χ0n) is 80.1. The Labute approximate surface area is 799 Å². The molecule has 8 aromatic rings. The van der Waals surface area contributed by atoms with E-state index in [1.807, 2.05) is 146 Å². The molecule has 7 atom stereocenters. The lowest BCUT2D eigenvalue weighted by Crippen LogP contribution is -2.40. The van der Waals surface area contributed by atoms with E-state index < -0.39 is 34.5 Å². The largest absolute Gasteiger partial charge is 0.478 e. The van der Waals surface area contributed by atoms with Gasteiger partial charge in [-0.3, -0.25) is 29.2 Å². The lowest BCUT2D eigenvalue weighted by Gasteiger charge is -2.34. The van der Waals surface area contributed by atoms with Crippen molar-refractivity contribution in [3.63, 3.8) is 0 Å². The van der Waals surface area contributed by atoms with Crippen LogP contribution in [0.5, 0.6) is 0 Å². The maximum absolute atomic E-state index is 12.4. The third kappa shape index (κ3) is 29.8. The third-order valence-corrected chi connectivity index (χ3v) is 24.8. The summed E-state index contributed by atoms with van der Waals surface area (Å²) in [6.07, 6.45) is 14.0. The SMILES string of the molecule is CCC(=O)c1ccc2c(c1)[C@@H](C)CCN2C(=O)OC(C)(C)C.COC(=O)c1ccc2c(c1)[C@@H](C)CCN2C(=O)OC(C)(C)C.C[C@H]1CCCc2ccc(Br)cc21.C[C@H]1CCCc2ccc(C(=O)CN)cc21.C[C@H]1CCN(C(=O)OC(C)(C)C)c2ccc(Br)cc21.C[C@H]1CCN(C(=O)OC(C)(C)C)c2ccc(C(=O)O)cc21.Cc1nnc(-c2ccc3c(c2)[C@@H](C)CCC3)o1.Cl.Cl. The van der Waals surface area contributed by atoms with Gasteiger partial charge in [0, 0.05) is 65.2 Å². The molecule has 7 aromatic carbocycles. The highest BCUT2D eigenvalue weighted by Gasteiger charge is 2.36. The molecular weight excluding hydrogens is 1820 g/mol. The molecule has 22 nitrogen and oxygen atoms in total. The molecule has 5 heterocycles. The number of aryl methyl sites for hydroxylation is 4. The molecule has 0 unspecified atom stereocenters. The number of hydrogen-bond donors (Lipinski definition) is 2. The second kappa shape index (κ2) is 47.3. The summed E-state index contributed by atoms with van der Waals surface area (Å²) in [4.78, 5) is 102. The summed E-state index contributed by atoms with van der Waals surface area (Å²) >= 11 is 7.01. The van der Waals surface area contributed by atoms with Crippen LogP contribution in [0.15, 0.2) is 141 Å². The number of fused-ring (bicyclic) bond motifs is 7. The van der Waals surface area contributed by atoms with E-state index in [4.69, 9.17) is 38.9 Å². The van der Waals surface area contributed by atoms with Crippen molar-refractivity contribution < 1.29 is 71.6 Å². The predicted molar refractivity (Wildman–Crippen MR) is 530 cm³/mol. The Morgan fingerprint density at radius 3 is 1.08 bits per heavy atom. The number of hydrogen-bond acceptors (Lipinski definition) is 17. The van der Waals surface area contributed by atoms with Gasteiger partial charge in [-0.25, -0.2) is 28.8 Å². The molecule has 26 heteroatoms. The molecular formula is C104H137Br2Cl2N7O15. The minimum atomic E-state index is -0.959. The van der Waals surface area contributed by atoms with Crippen LogP contribution in [0, 0.1) is 6.92 Å². The Kier molecular flexibility index (Phi) is 39.1. The van der Waals surface area contributed by atoms with Crippen LogP contribution in [0.3, 0.4) is 0 Å². The first-order chi connectivity index (χ1) is 60.1. The molecule has 4 amide bonds. The van der Waals surface area contributed by atoms with E-state index in [0.29, 0.717) is 73.6 Å². The number of carboxylic acids is 1. The molecule has 0 radical (unpaired) electrons. The van der Waals surface area contributed by atoms with Gasteiger partial charge in [0.25, 0.3) is 0 Å². The predicted octanol–water partition coefficient (Wildman–Crippen LogP) is 27.1. The standard InChI is InChI=1S/C18H25NO3.C17H23NO4.C16H21NO4.C15H20BrNO2.C14H16N2O.C13H17NO.C11H13Br.2ClH/c1-6-16(20)13-7-8-15-14(11-13)12(2)9-10-19(15)17(21)22-18(3,4)5;1-11-8-9-18(16(20)22-17(2,3)4)14-7-6-12(10-13(11)14)15(19)21-5;1-10-7-8-17(15(20)21-16(2,3)4)13-6-5-11(14(18)19)9-12(10)13;1-10-7-8-17(14(18)19-15(2,3)4)13-6-5-11(16)9-12(10)13;1-9-4-3-5-11-6-7-12(8-13(9)11)14-16-15-10(2)17-14;1-9-3-2-4-10-5-6-11(7-12(9)10)13(15)8-14;1-8-3-2-4-9-5-6-10(12)7-11(8)9;;/h7-8,11-12H,6,9-10H2,1-5H3;6-7,10-11H,8-9H2,1-5H3;5-6,9-10H,7-8H2,1-4H3,(H,18,19);5-6,9-10H,7-8H2,1-4H3;6-9H,3-5H2,1-2H3;5-7,9H,2-4,8,14H2,1H3;5-8H,2-4H2,1H3;2*1H/t12-;11-;2*10-;2*9-;8-;;/m0000000../s1. The highest BCUT2D eigenvalue weighted by molar-refractivity contribution is 9.10. The van der Waals surface area contributed by atoms with Gasteiger partial charge in [0.1, 0.15) is 22.4 Å².